The summed E-state index contributed by atoms with van der Waals surface area (Å²) in [7, 11) is 1.68. The van der Waals surface area contributed by atoms with Crippen molar-refractivity contribution in [1.29, 1.82) is 0 Å². The van der Waals surface area contributed by atoms with Gasteiger partial charge < -0.3 is 14.2 Å². The van der Waals surface area contributed by atoms with E-state index in [2.05, 4.69) is 37.3 Å². The Bertz CT molecular complexity index is 872. The van der Waals surface area contributed by atoms with Gasteiger partial charge in [-0.3, -0.25) is 0 Å². The van der Waals surface area contributed by atoms with E-state index >= 15 is 0 Å². The summed E-state index contributed by atoms with van der Waals surface area (Å²) in [6, 6.07) is 24.4. The average molecular weight is 346 g/mol. The van der Waals surface area contributed by atoms with Gasteiger partial charge in [-0.15, -0.1) is 0 Å². The van der Waals surface area contributed by atoms with Crippen molar-refractivity contribution in [2.75, 3.05) is 7.11 Å². The predicted molar refractivity (Wildman–Crippen MR) is 102 cm³/mol. The van der Waals surface area contributed by atoms with Crippen LogP contribution in [0, 0.1) is 0 Å². The lowest BCUT2D eigenvalue weighted by Crippen LogP contribution is -2.07. The van der Waals surface area contributed by atoms with Gasteiger partial charge in [0.1, 0.15) is 30.0 Å². The minimum atomic E-state index is 0.0141. The summed E-state index contributed by atoms with van der Waals surface area (Å²) in [4.78, 5) is 0. The van der Waals surface area contributed by atoms with E-state index in [4.69, 9.17) is 14.2 Å². The van der Waals surface area contributed by atoms with Crippen molar-refractivity contribution in [2.24, 2.45) is 0 Å². The first-order chi connectivity index (χ1) is 12.7. The topological polar surface area (TPSA) is 27.7 Å². The maximum atomic E-state index is 6.20. The third kappa shape index (κ3) is 3.25. The van der Waals surface area contributed by atoms with Gasteiger partial charge >= 0.3 is 0 Å². The van der Waals surface area contributed by atoms with Crippen molar-refractivity contribution < 1.29 is 14.2 Å². The Labute approximate surface area is 154 Å². The van der Waals surface area contributed by atoms with Crippen LogP contribution in [0.25, 0.3) is 0 Å². The number of benzene rings is 3. The van der Waals surface area contributed by atoms with Crippen molar-refractivity contribution in [3.05, 3.63) is 89.5 Å². The van der Waals surface area contributed by atoms with E-state index in [1.807, 2.05) is 42.5 Å². The summed E-state index contributed by atoms with van der Waals surface area (Å²) in [5.41, 5.74) is 3.51. The van der Waals surface area contributed by atoms with Crippen LogP contribution < -0.4 is 14.2 Å². The van der Waals surface area contributed by atoms with Gasteiger partial charge in [-0.25, -0.2) is 0 Å². The molecule has 3 nitrogen and oxygen atoms in total. The number of fused-ring (bicyclic) bond motifs is 1. The highest BCUT2D eigenvalue weighted by Gasteiger charge is 2.32. The highest BCUT2D eigenvalue weighted by atomic mass is 16.5. The number of hydrogen-bond acceptors (Lipinski definition) is 3. The molecule has 0 saturated heterocycles. The Kier molecular flexibility index (Phi) is 4.53. The maximum absolute atomic E-state index is 6.20. The molecular formula is C23H22O3. The predicted octanol–water partition coefficient (Wildman–Crippen LogP) is 5.51. The molecule has 0 saturated carbocycles. The van der Waals surface area contributed by atoms with E-state index < -0.39 is 0 Å². The fourth-order valence-electron chi connectivity index (χ4n) is 3.37. The molecule has 4 rings (SSSR count). The number of hydrogen-bond donors (Lipinski definition) is 0. The molecule has 0 aliphatic carbocycles. The molecule has 132 valence electrons. The number of ether oxygens (including phenoxy) is 3. The van der Waals surface area contributed by atoms with Crippen LogP contribution in [0.3, 0.4) is 0 Å². The quantitative estimate of drug-likeness (QED) is 0.609. The maximum Gasteiger partial charge on any atom is 0.130 e. The Morgan fingerprint density at radius 3 is 2.35 bits per heavy atom. The van der Waals surface area contributed by atoms with Crippen LogP contribution in [0.1, 0.15) is 35.6 Å². The summed E-state index contributed by atoms with van der Waals surface area (Å²) >= 11 is 0. The second kappa shape index (κ2) is 7.12. The van der Waals surface area contributed by atoms with Crippen LogP contribution in [-0.4, -0.2) is 7.11 Å². The van der Waals surface area contributed by atoms with Gasteiger partial charge in [-0.2, -0.15) is 0 Å². The molecule has 0 bridgehead atoms. The third-order valence-electron chi connectivity index (χ3n) is 4.87. The lowest BCUT2D eigenvalue weighted by atomic mass is 9.93. The molecule has 1 aliphatic heterocycles. The summed E-state index contributed by atoms with van der Waals surface area (Å²) < 4.78 is 17.4. The molecule has 0 unspecified atom stereocenters. The van der Waals surface area contributed by atoms with E-state index in [-0.39, 0.29) is 12.0 Å². The van der Waals surface area contributed by atoms with Crippen molar-refractivity contribution in [1.82, 2.24) is 0 Å². The Balaban J connectivity index is 1.50. The van der Waals surface area contributed by atoms with Crippen LogP contribution in [-0.2, 0) is 6.61 Å². The molecule has 0 spiro atoms. The minimum Gasteiger partial charge on any atom is -0.497 e. The van der Waals surface area contributed by atoms with Crippen LogP contribution in [0.4, 0.5) is 0 Å². The summed E-state index contributed by atoms with van der Waals surface area (Å²) in [6.07, 6.45) is 0.0141. The summed E-state index contributed by atoms with van der Waals surface area (Å²) in [5.74, 6) is 2.93. The van der Waals surface area contributed by atoms with Gasteiger partial charge in [-0.05, 0) is 41.5 Å². The first kappa shape index (κ1) is 16.5. The molecule has 1 aliphatic rings. The molecule has 0 N–H and O–H groups in total. The van der Waals surface area contributed by atoms with Crippen LogP contribution in [0.5, 0.6) is 17.2 Å². The molecule has 0 aromatic heterocycles. The van der Waals surface area contributed by atoms with Gasteiger partial charge in [0.15, 0.2) is 0 Å². The molecule has 2 atom stereocenters. The molecule has 3 aromatic rings. The smallest absolute Gasteiger partial charge is 0.130 e. The fraction of sp³-hybridized carbons (Fsp3) is 0.217. The molecule has 1 heterocycles. The van der Waals surface area contributed by atoms with E-state index in [0.717, 1.165) is 28.4 Å². The second-order valence-corrected chi connectivity index (χ2v) is 6.57. The zero-order valence-corrected chi connectivity index (χ0v) is 15.0. The van der Waals surface area contributed by atoms with Gasteiger partial charge in [0, 0.05) is 11.5 Å². The average Bonchev–Trinajstić information content (AvgIpc) is 3.03. The first-order valence-electron chi connectivity index (χ1n) is 8.86. The van der Waals surface area contributed by atoms with Crippen molar-refractivity contribution in [3.63, 3.8) is 0 Å². The Hall–Kier alpha value is -2.94. The molecule has 0 amide bonds. The molecule has 0 fully saturated rings. The van der Waals surface area contributed by atoms with Crippen molar-refractivity contribution in [2.45, 2.75) is 25.6 Å². The van der Waals surface area contributed by atoms with Gasteiger partial charge in [-0.1, -0.05) is 49.4 Å². The van der Waals surface area contributed by atoms with Crippen LogP contribution >= 0.6 is 0 Å². The number of rotatable bonds is 5. The van der Waals surface area contributed by atoms with Crippen molar-refractivity contribution >= 4 is 0 Å². The Morgan fingerprint density at radius 1 is 0.885 bits per heavy atom. The third-order valence-corrected chi connectivity index (χ3v) is 4.87. The van der Waals surface area contributed by atoms with E-state index in [9.17, 15) is 0 Å². The van der Waals surface area contributed by atoms with E-state index in [1.165, 1.54) is 5.56 Å². The molecular weight excluding hydrogens is 324 g/mol. The largest absolute Gasteiger partial charge is 0.497 e. The van der Waals surface area contributed by atoms with Gasteiger partial charge in [0.05, 0.1) is 7.11 Å². The highest BCUT2D eigenvalue weighted by Crippen LogP contribution is 2.47. The normalized spacial score (nSPS) is 18.1. The fourth-order valence-corrected chi connectivity index (χ4v) is 3.37. The lowest BCUT2D eigenvalue weighted by molar-refractivity contribution is 0.216. The van der Waals surface area contributed by atoms with Crippen molar-refractivity contribution in [3.8, 4) is 17.2 Å². The Morgan fingerprint density at radius 2 is 1.62 bits per heavy atom. The molecule has 0 radical (unpaired) electrons. The second-order valence-electron chi connectivity index (χ2n) is 6.57. The van der Waals surface area contributed by atoms with E-state index in [0.29, 0.717) is 6.61 Å². The lowest BCUT2D eigenvalue weighted by Gasteiger charge is -2.16. The standard InChI is InChI=1S/C23H22O3/c1-16-21-14-20(25-15-17-6-4-3-5-7-17)12-13-22(21)26-23(16)18-8-10-19(24-2)11-9-18/h3-14,16,23H,15H2,1-2H3/t16-,23-/m0/s1. The van der Waals surface area contributed by atoms with Gasteiger partial charge in [0.25, 0.3) is 0 Å². The SMILES string of the molecule is COc1ccc([C@H]2Oc3ccc(OCc4ccccc4)cc3[C@@H]2C)cc1. The number of methoxy groups -OCH3 is 1. The minimum absolute atomic E-state index is 0.0141. The monoisotopic (exact) mass is 346 g/mol. The van der Waals surface area contributed by atoms with E-state index in [1.54, 1.807) is 7.11 Å². The summed E-state index contributed by atoms with van der Waals surface area (Å²) in [5, 5.41) is 0. The summed E-state index contributed by atoms with van der Waals surface area (Å²) in [6.45, 7) is 2.76. The zero-order valence-electron chi connectivity index (χ0n) is 15.0. The zero-order chi connectivity index (χ0) is 17.9. The van der Waals surface area contributed by atoms with Gasteiger partial charge in [0.2, 0.25) is 0 Å². The molecule has 26 heavy (non-hydrogen) atoms. The molecule has 3 aromatic carbocycles. The van der Waals surface area contributed by atoms with Crippen LogP contribution in [0.2, 0.25) is 0 Å². The van der Waals surface area contributed by atoms with Crippen LogP contribution in [0.15, 0.2) is 72.8 Å². The first-order valence-corrected chi connectivity index (χ1v) is 8.86. The molecule has 3 heteroatoms. The highest BCUT2D eigenvalue weighted by molar-refractivity contribution is 5.47.